The molecule has 0 aliphatic carbocycles. The van der Waals surface area contributed by atoms with Crippen molar-refractivity contribution in [1.82, 2.24) is 34.5 Å². The average Bonchev–Trinajstić information content (AvgIpc) is 3.43. The van der Waals surface area contributed by atoms with Crippen LogP contribution < -0.4 is 10.4 Å². The normalized spacial score (nSPS) is 11.2. The number of hydrogen-bond acceptors (Lipinski definition) is 6. The molecule has 0 aliphatic heterocycles. The van der Waals surface area contributed by atoms with E-state index in [1.165, 1.54) is 34.8 Å². The molecule has 9 nitrogen and oxygen atoms in total. The van der Waals surface area contributed by atoms with E-state index in [2.05, 4.69) is 25.1 Å². The zero-order valence-electron chi connectivity index (χ0n) is 16.4. The molecule has 154 valence electrons. The second-order valence-electron chi connectivity index (χ2n) is 6.78. The van der Waals surface area contributed by atoms with Gasteiger partial charge in [0.2, 0.25) is 0 Å². The Morgan fingerprint density at radius 2 is 1.87 bits per heavy atom. The van der Waals surface area contributed by atoms with Crippen molar-refractivity contribution in [2.75, 3.05) is 7.11 Å². The third kappa shape index (κ3) is 3.44. The lowest BCUT2D eigenvalue weighted by Crippen LogP contribution is -2.17. The Bertz CT molecular complexity index is 1420. The molecular formula is C21H16FN7O2. The minimum atomic E-state index is -0.422. The van der Waals surface area contributed by atoms with Crippen LogP contribution in [-0.2, 0) is 6.54 Å². The molecule has 0 saturated carbocycles. The third-order valence-electron chi connectivity index (χ3n) is 4.84. The van der Waals surface area contributed by atoms with Gasteiger partial charge >= 0.3 is 5.69 Å². The maximum absolute atomic E-state index is 13.6. The molecule has 3 aromatic heterocycles. The van der Waals surface area contributed by atoms with Crippen LogP contribution in [0.2, 0.25) is 0 Å². The Morgan fingerprint density at radius 3 is 2.61 bits per heavy atom. The highest BCUT2D eigenvalue weighted by Gasteiger charge is 2.15. The van der Waals surface area contributed by atoms with Gasteiger partial charge < -0.3 is 9.72 Å². The predicted molar refractivity (Wildman–Crippen MR) is 111 cm³/mol. The summed E-state index contributed by atoms with van der Waals surface area (Å²) < 4.78 is 20.3. The molecule has 0 fully saturated rings. The fourth-order valence-electron chi connectivity index (χ4n) is 3.34. The van der Waals surface area contributed by atoms with Crippen molar-refractivity contribution >= 4 is 11.2 Å². The second kappa shape index (κ2) is 7.48. The maximum Gasteiger partial charge on any atom is 0.328 e. The van der Waals surface area contributed by atoms with Gasteiger partial charge in [-0.05, 0) is 29.8 Å². The maximum atomic E-state index is 13.6. The first-order chi connectivity index (χ1) is 15.1. The molecule has 5 rings (SSSR count). The number of nitrogens with one attached hydrogen (secondary N) is 1. The van der Waals surface area contributed by atoms with E-state index in [4.69, 9.17) is 4.74 Å². The zero-order chi connectivity index (χ0) is 21.4. The standard InChI is InChI=1S/C21H16FN7O2/c1-31-18-10-14(22)4-7-16(18)19-23-11-17-20(27-19)28(21(30)26-17)12-13-2-5-15(6-3-13)29-24-8-9-25-29/h2-11H,12H2,1H3,(H,26,30). The zero-order valence-corrected chi connectivity index (χ0v) is 16.4. The summed E-state index contributed by atoms with van der Waals surface area (Å²) in [6, 6.07) is 11.7. The minimum Gasteiger partial charge on any atom is -0.496 e. The summed E-state index contributed by atoms with van der Waals surface area (Å²) in [5.41, 5.74) is 2.89. The quantitative estimate of drug-likeness (QED) is 0.471. The Labute approximate surface area is 174 Å². The lowest BCUT2D eigenvalue weighted by Gasteiger charge is -2.08. The molecule has 0 radical (unpaired) electrons. The van der Waals surface area contributed by atoms with Crippen molar-refractivity contribution < 1.29 is 9.13 Å². The number of aromatic nitrogens is 7. The first-order valence-electron chi connectivity index (χ1n) is 9.37. The summed E-state index contributed by atoms with van der Waals surface area (Å²) in [5.74, 6) is 0.220. The van der Waals surface area contributed by atoms with Gasteiger partial charge in [0, 0.05) is 6.07 Å². The van der Waals surface area contributed by atoms with Crippen LogP contribution in [0.4, 0.5) is 4.39 Å². The smallest absolute Gasteiger partial charge is 0.328 e. The number of H-pyrrole nitrogens is 1. The first kappa shape index (κ1) is 18.7. The van der Waals surface area contributed by atoms with Gasteiger partial charge in [-0.25, -0.2) is 19.2 Å². The van der Waals surface area contributed by atoms with E-state index in [0.717, 1.165) is 11.3 Å². The highest BCUT2D eigenvalue weighted by atomic mass is 19.1. The second-order valence-corrected chi connectivity index (χ2v) is 6.78. The van der Waals surface area contributed by atoms with Crippen molar-refractivity contribution in [2.45, 2.75) is 6.54 Å². The number of halogens is 1. The first-order valence-corrected chi connectivity index (χ1v) is 9.37. The topological polar surface area (TPSA) is 104 Å². The SMILES string of the molecule is COc1cc(F)ccc1-c1ncc2[nH]c(=O)n(Cc3ccc(-n4nccn4)cc3)c2n1. The fraction of sp³-hybridized carbons (Fsp3) is 0.0952. The molecule has 31 heavy (non-hydrogen) atoms. The molecule has 1 N–H and O–H groups in total. The van der Waals surface area contributed by atoms with Crippen molar-refractivity contribution in [3.8, 4) is 22.8 Å². The molecule has 0 unspecified atom stereocenters. The van der Waals surface area contributed by atoms with Crippen molar-refractivity contribution in [3.63, 3.8) is 0 Å². The predicted octanol–water partition coefficient (Wildman–Crippen LogP) is 2.56. The molecule has 0 aliphatic rings. The molecule has 0 atom stereocenters. The number of fused-ring (bicyclic) bond motifs is 1. The molecule has 0 spiro atoms. The summed E-state index contributed by atoms with van der Waals surface area (Å²) in [6.07, 6.45) is 4.74. The minimum absolute atomic E-state index is 0.301. The number of rotatable bonds is 5. The number of aromatic amines is 1. The largest absolute Gasteiger partial charge is 0.496 e. The van der Waals surface area contributed by atoms with Gasteiger partial charge in [0.05, 0.1) is 43.5 Å². The monoisotopic (exact) mass is 417 g/mol. The van der Waals surface area contributed by atoms with E-state index in [9.17, 15) is 9.18 Å². The molecular weight excluding hydrogens is 401 g/mol. The van der Waals surface area contributed by atoms with Crippen LogP contribution in [0.5, 0.6) is 5.75 Å². The van der Waals surface area contributed by atoms with Gasteiger partial charge in [-0.2, -0.15) is 15.0 Å². The van der Waals surface area contributed by atoms with Gasteiger partial charge in [-0.15, -0.1) is 0 Å². The van der Waals surface area contributed by atoms with Crippen molar-refractivity contribution in [2.24, 2.45) is 0 Å². The Balaban J connectivity index is 1.53. The van der Waals surface area contributed by atoms with Crippen LogP contribution >= 0.6 is 0 Å². The molecule has 0 bridgehead atoms. The number of imidazole rings is 1. The van der Waals surface area contributed by atoms with Gasteiger partial charge in [-0.3, -0.25) is 4.57 Å². The number of benzene rings is 2. The lowest BCUT2D eigenvalue weighted by molar-refractivity contribution is 0.412. The molecule has 2 aromatic carbocycles. The van der Waals surface area contributed by atoms with E-state index in [1.54, 1.807) is 18.5 Å². The van der Waals surface area contributed by atoms with Crippen LogP contribution in [0, 0.1) is 5.82 Å². The van der Waals surface area contributed by atoms with E-state index >= 15 is 0 Å². The summed E-state index contributed by atoms with van der Waals surface area (Å²) in [4.78, 5) is 25.7. The van der Waals surface area contributed by atoms with Gasteiger partial charge in [0.25, 0.3) is 0 Å². The van der Waals surface area contributed by atoms with E-state index in [1.807, 2.05) is 24.3 Å². The van der Waals surface area contributed by atoms with Crippen molar-refractivity contribution in [1.29, 1.82) is 0 Å². The molecule has 0 saturated heterocycles. The summed E-state index contributed by atoms with van der Waals surface area (Å²) in [6.45, 7) is 0.308. The van der Waals surface area contributed by atoms with Crippen LogP contribution in [0.3, 0.4) is 0 Å². The average molecular weight is 417 g/mol. The van der Waals surface area contributed by atoms with Crippen LogP contribution in [0.1, 0.15) is 5.56 Å². The Hall–Kier alpha value is -4.34. The molecule has 3 heterocycles. The van der Waals surface area contributed by atoms with Crippen LogP contribution in [-0.4, -0.2) is 41.6 Å². The fourth-order valence-corrected chi connectivity index (χ4v) is 3.34. The molecule has 0 amide bonds. The lowest BCUT2D eigenvalue weighted by atomic mass is 10.2. The van der Waals surface area contributed by atoms with Crippen LogP contribution in [0.15, 0.2) is 65.8 Å². The van der Waals surface area contributed by atoms with E-state index in [0.29, 0.717) is 34.8 Å². The van der Waals surface area contributed by atoms with E-state index < -0.39 is 5.82 Å². The van der Waals surface area contributed by atoms with Gasteiger partial charge in [0.15, 0.2) is 11.5 Å². The molecule has 10 heteroatoms. The van der Waals surface area contributed by atoms with Gasteiger partial charge in [-0.1, -0.05) is 12.1 Å². The van der Waals surface area contributed by atoms with Gasteiger partial charge in [0.1, 0.15) is 17.1 Å². The Kier molecular flexibility index (Phi) is 4.51. The summed E-state index contributed by atoms with van der Waals surface area (Å²) in [5, 5.41) is 8.20. The Morgan fingerprint density at radius 1 is 1.10 bits per heavy atom. The number of nitrogens with zero attached hydrogens (tertiary/aromatic N) is 6. The number of hydrogen-bond donors (Lipinski definition) is 1. The van der Waals surface area contributed by atoms with Crippen molar-refractivity contribution in [3.05, 3.63) is 82.9 Å². The summed E-state index contributed by atoms with van der Waals surface area (Å²) in [7, 11) is 1.45. The highest BCUT2D eigenvalue weighted by molar-refractivity contribution is 5.74. The third-order valence-corrected chi connectivity index (χ3v) is 4.84. The highest BCUT2D eigenvalue weighted by Crippen LogP contribution is 2.28. The van der Waals surface area contributed by atoms with Crippen LogP contribution in [0.25, 0.3) is 28.2 Å². The summed E-state index contributed by atoms with van der Waals surface area (Å²) >= 11 is 0. The number of methoxy groups -OCH3 is 1. The van der Waals surface area contributed by atoms with E-state index in [-0.39, 0.29) is 5.69 Å². The number of ether oxygens (including phenoxy) is 1. The molecule has 5 aromatic rings.